The number of rotatable bonds is 5. The van der Waals surface area contributed by atoms with Gasteiger partial charge < -0.3 is 15.8 Å². The first kappa shape index (κ1) is 15.3. The topological polar surface area (TPSA) is 74.7 Å². The predicted octanol–water partition coefficient (Wildman–Crippen LogP) is 2.97. The van der Waals surface area contributed by atoms with Crippen LogP contribution in [0, 0.1) is 0 Å². The highest BCUT2D eigenvalue weighted by molar-refractivity contribution is 9.10. The van der Waals surface area contributed by atoms with E-state index in [1.165, 1.54) is 0 Å². The van der Waals surface area contributed by atoms with E-state index in [1.54, 1.807) is 6.20 Å². The van der Waals surface area contributed by atoms with Crippen molar-refractivity contribution >= 4 is 27.5 Å². The fourth-order valence-corrected chi connectivity index (χ4v) is 2.46. The molecule has 0 saturated carbocycles. The van der Waals surface area contributed by atoms with Crippen LogP contribution in [0.15, 0.2) is 52.2 Å². The van der Waals surface area contributed by atoms with Crippen molar-refractivity contribution < 1.29 is 5.21 Å². The number of amidine groups is 1. The van der Waals surface area contributed by atoms with E-state index in [1.807, 2.05) is 36.4 Å². The number of nitrogens with zero attached hydrogens (tertiary/aromatic N) is 3. The second-order valence-electron chi connectivity index (χ2n) is 4.48. The van der Waals surface area contributed by atoms with Gasteiger partial charge in [-0.15, -0.1) is 0 Å². The molecule has 21 heavy (non-hydrogen) atoms. The Kier molecular flexibility index (Phi) is 5.16. The van der Waals surface area contributed by atoms with Gasteiger partial charge in [0.2, 0.25) is 0 Å². The molecule has 0 fully saturated rings. The Morgan fingerprint density at radius 3 is 2.81 bits per heavy atom. The second-order valence-corrected chi connectivity index (χ2v) is 5.40. The lowest BCUT2D eigenvalue weighted by Gasteiger charge is -2.25. The molecule has 1 aromatic carbocycles. The van der Waals surface area contributed by atoms with Gasteiger partial charge in [0.1, 0.15) is 0 Å². The van der Waals surface area contributed by atoms with E-state index in [0.29, 0.717) is 12.1 Å². The minimum Gasteiger partial charge on any atom is -0.409 e. The standard InChI is InChI=1S/C15H17BrN4O/c1-2-20(10-12-5-3-4-8-18-12)14-7-6-11(16)9-13(14)15(17)19-21/h3-9,21H,2,10H2,1H3,(H2,17,19). The predicted molar refractivity (Wildman–Crippen MR) is 87.6 cm³/mol. The number of anilines is 1. The van der Waals surface area contributed by atoms with Crippen LogP contribution in [-0.2, 0) is 6.54 Å². The first-order chi connectivity index (χ1) is 10.2. The number of hydrogen-bond acceptors (Lipinski definition) is 4. The first-order valence-corrected chi connectivity index (χ1v) is 7.37. The van der Waals surface area contributed by atoms with Gasteiger partial charge in [0.25, 0.3) is 0 Å². The summed E-state index contributed by atoms with van der Waals surface area (Å²) in [6, 6.07) is 11.5. The van der Waals surface area contributed by atoms with Crippen LogP contribution in [0.2, 0.25) is 0 Å². The summed E-state index contributed by atoms with van der Waals surface area (Å²) in [5, 5.41) is 12.1. The van der Waals surface area contributed by atoms with Gasteiger partial charge >= 0.3 is 0 Å². The fraction of sp³-hybridized carbons (Fsp3) is 0.200. The minimum absolute atomic E-state index is 0.0887. The van der Waals surface area contributed by atoms with Gasteiger partial charge in [-0.1, -0.05) is 27.2 Å². The van der Waals surface area contributed by atoms with Crippen LogP contribution in [0.1, 0.15) is 18.2 Å². The lowest BCUT2D eigenvalue weighted by molar-refractivity contribution is 0.318. The Balaban J connectivity index is 2.38. The van der Waals surface area contributed by atoms with Crippen molar-refractivity contribution in [1.29, 1.82) is 0 Å². The zero-order chi connectivity index (χ0) is 15.2. The van der Waals surface area contributed by atoms with Crippen molar-refractivity contribution in [2.75, 3.05) is 11.4 Å². The summed E-state index contributed by atoms with van der Waals surface area (Å²) in [5.41, 5.74) is 8.34. The molecule has 0 aliphatic heterocycles. The Morgan fingerprint density at radius 1 is 1.38 bits per heavy atom. The van der Waals surface area contributed by atoms with Gasteiger partial charge in [-0.25, -0.2) is 0 Å². The lowest BCUT2D eigenvalue weighted by Crippen LogP contribution is -2.26. The third-order valence-corrected chi connectivity index (χ3v) is 3.64. The maximum Gasteiger partial charge on any atom is 0.172 e. The summed E-state index contributed by atoms with van der Waals surface area (Å²) >= 11 is 3.41. The van der Waals surface area contributed by atoms with Crippen LogP contribution >= 0.6 is 15.9 Å². The normalized spacial score (nSPS) is 11.4. The van der Waals surface area contributed by atoms with E-state index in [4.69, 9.17) is 10.9 Å². The molecular formula is C15H17BrN4O. The van der Waals surface area contributed by atoms with Crippen molar-refractivity contribution in [2.24, 2.45) is 10.9 Å². The van der Waals surface area contributed by atoms with Crippen LogP contribution in [0.5, 0.6) is 0 Å². The molecule has 0 amide bonds. The highest BCUT2D eigenvalue weighted by Gasteiger charge is 2.14. The summed E-state index contributed by atoms with van der Waals surface area (Å²) in [4.78, 5) is 6.47. The van der Waals surface area contributed by atoms with Crippen LogP contribution in [0.3, 0.4) is 0 Å². The van der Waals surface area contributed by atoms with Gasteiger partial charge in [-0.3, -0.25) is 4.98 Å². The third kappa shape index (κ3) is 3.72. The number of aromatic nitrogens is 1. The van der Waals surface area contributed by atoms with Crippen LogP contribution in [0.4, 0.5) is 5.69 Å². The Hall–Kier alpha value is -2.08. The third-order valence-electron chi connectivity index (χ3n) is 3.14. The molecule has 0 spiro atoms. The molecule has 0 atom stereocenters. The zero-order valence-electron chi connectivity index (χ0n) is 11.7. The van der Waals surface area contributed by atoms with Gasteiger partial charge in [0.15, 0.2) is 5.84 Å². The molecule has 5 nitrogen and oxygen atoms in total. The smallest absolute Gasteiger partial charge is 0.172 e. The summed E-state index contributed by atoms with van der Waals surface area (Å²) in [6.45, 7) is 3.50. The molecule has 6 heteroatoms. The number of benzene rings is 1. The highest BCUT2D eigenvalue weighted by atomic mass is 79.9. The molecule has 2 aromatic rings. The summed E-state index contributed by atoms with van der Waals surface area (Å²) in [6.07, 6.45) is 1.77. The number of oxime groups is 1. The van der Waals surface area contributed by atoms with Crippen molar-refractivity contribution in [3.8, 4) is 0 Å². The quantitative estimate of drug-likeness (QED) is 0.377. The first-order valence-electron chi connectivity index (χ1n) is 6.58. The molecule has 3 N–H and O–H groups in total. The highest BCUT2D eigenvalue weighted by Crippen LogP contribution is 2.25. The van der Waals surface area contributed by atoms with Crippen LogP contribution in [0.25, 0.3) is 0 Å². The van der Waals surface area contributed by atoms with Crippen molar-refractivity contribution in [2.45, 2.75) is 13.5 Å². The molecular weight excluding hydrogens is 332 g/mol. The summed E-state index contributed by atoms with van der Waals surface area (Å²) in [7, 11) is 0. The molecule has 2 rings (SSSR count). The summed E-state index contributed by atoms with van der Waals surface area (Å²) in [5.74, 6) is 0.0887. The van der Waals surface area contributed by atoms with Crippen molar-refractivity contribution in [3.05, 3.63) is 58.3 Å². The van der Waals surface area contributed by atoms with Crippen LogP contribution < -0.4 is 10.6 Å². The maximum atomic E-state index is 8.96. The Bertz CT molecular complexity index is 631. The van der Waals surface area contributed by atoms with Gasteiger partial charge in [-0.05, 0) is 37.3 Å². The van der Waals surface area contributed by atoms with E-state index >= 15 is 0 Å². The molecule has 0 unspecified atom stereocenters. The van der Waals surface area contributed by atoms with E-state index in [9.17, 15) is 0 Å². The second kappa shape index (κ2) is 7.08. The molecule has 0 radical (unpaired) electrons. The van der Waals surface area contributed by atoms with Gasteiger partial charge in [0, 0.05) is 28.5 Å². The average Bonchev–Trinajstić information content (AvgIpc) is 2.53. The Labute approximate surface area is 132 Å². The SMILES string of the molecule is CCN(Cc1ccccn1)c1ccc(Br)cc1/C(N)=N/O. The number of nitrogens with two attached hydrogens (primary N) is 1. The van der Waals surface area contributed by atoms with Crippen molar-refractivity contribution in [1.82, 2.24) is 4.98 Å². The van der Waals surface area contributed by atoms with E-state index < -0.39 is 0 Å². The molecule has 1 aromatic heterocycles. The van der Waals surface area contributed by atoms with E-state index in [-0.39, 0.29) is 5.84 Å². The van der Waals surface area contributed by atoms with E-state index in [0.717, 1.165) is 22.4 Å². The van der Waals surface area contributed by atoms with Crippen LogP contribution in [-0.4, -0.2) is 22.6 Å². The minimum atomic E-state index is 0.0887. The molecule has 0 saturated heterocycles. The monoisotopic (exact) mass is 348 g/mol. The molecule has 0 bridgehead atoms. The number of pyridine rings is 1. The Morgan fingerprint density at radius 2 is 2.19 bits per heavy atom. The lowest BCUT2D eigenvalue weighted by atomic mass is 10.1. The summed E-state index contributed by atoms with van der Waals surface area (Å²) < 4.78 is 0.877. The fourth-order valence-electron chi connectivity index (χ4n) is 2.10. The number of hydrogen-bond donors (Lipinski definition) is 2. The average molecular weight is 349 g/mol. The molecule has 0 aliphatic carbocycles. The van der Waals surface area contributed by atoms with Crippen molar-refractivity contribution in [3.63, 3.8) is 0 Å². The largest absolute Gasteiger partial charge is 0.409 e. The van der Waals surface area contributed by atoms with E-state index in [2.05, 4.69) is 37.9 Å². The number of halogens is 1. The molecule has 0 aliphatic rings. The van der Waals surface area contributed by atoms with Gasteiger partial charge in [0.05, 0.1) is 12.2 Å². The maximum absolute atomic E-state index is 8.96. The zero-order valence-corrected chi connectivity index (χ0v) is 13.3. The van der Waals surface area contributed by atoms with Gasteiger partial charge in [-0.2, -0.15) is 0 Å². The molecule has 110 valence electrons. The molecule has 1 heterocycles.